The van der Waals surface area contributed by atoms with Gasteiger partial charge in [-0.15, -0.1) is 0 Å². The Kier molecular flexibility index (Phi) is 2.76. The summed E-state index contributed by atoms with van der Waals surface area (Å²) >= 11 is 0. The lowest BCUT2D eigenvalue weighted by atomic mass is 10.2. The number of amides is 1. The van der Waals surface area contributed by atoms with E-state index in [0.29, 0.717) is 5.84 Å². The Hall–Kier alpha value is -3.02. The van der Waals surface area contributed by atoms with Gasteiger partial charge in [-0.05, 0) is 17.7 Å². The summed E-state index contributed by atoms with van der Waals surface area (Å²) in [6, 6.07) is 9.30. The molecule has 0 aromatic heterocycles. The van der Waals surface area contributed by atoms with Crippen molar-refractivity contribution in [2.45, 2.75) is 0 Å². The first-order chi connectivity index (χ1) is 9.65. The van der Waals surface area contributed by atoms with Crippen LogP contribution < -0.4 is 0 Å². The molecule has 0 fully saturated rings. The molecule has 0 aliphatic carbocycles. The van der Waals surface area contributed by atoms with E-state index in [-0.39, 0.29) is 17.3 Å². The number of hydrogen-bond acceptors (Lipinski definition) is 4. The van der Waals surface area contributed by atoms with E-state index in [1.807, 2.05) is 30.3 Å². The minimum absolute atomic E-state index is 0.140. The van der Waals surface area contributed by atoms with E-state index in [1.165, 1.54) is 23.3 Å². The molecule has 0 bridgehead atoms. The zero-order chi connectivity index (χ0) is 14.1. The maximum absolute atomic E-state index is 12.2. The number of hydrogen-bond donors (Lipinski definition) is 0. The molecule has 98 valence electrons. The van der Waals surface area contributed by atoms with Gasteiger partial charge in [0.25, 0.3) is 11.6 Å². The van der Waals surface area contributed by atoms with Crippen LogP contribution in [-0.4, -0.2) is 21.6 Å². The van der Waals surface area contributed by atoms with Crippen LogP contribution in [-0.2, 0) is 4.79 Å². The van der Waals surface area contributed by atoms with Crippen LogP contribution in [0.25, 0.3) is 6.08 Å². The van der Waals surface area contributed by atoms with Gasteiger partial charge in [-0.1, -0.05) is 30.3 Å². The quantitative estimate of drug-likeness (QED) is 0.467. The summed E-state index contributed by atoms with van der Waals surface area (Å²) in [4.78, 5) is 27.7. The summed E-state index contributed by atoms with van der Waals surface area (Å²) in [7, 11) is 0. The number of rotatable bonds is 2. The SMILES string of the molecule is O=C1/C(=C/c2ccccc2)N=C2C=CC([N+](=O)[O-])=CN12. The fourth-order valence-electron chi connectivity index (χ4n) is 1.94. The second-order valence-corrected chi connectivity index (χ2v) is 4.23. The average Bonchev–Trinajstić information content (AvgIpc) is 2.76. The molecule has 2 aliphatic heterocycles. The Morgan fingerprint density at radius 3 is 2.65 bits per heavy atom. The molecule has 6 heteroatoms. The van der Waals surface area contributed by atoms with Gasteiger partial charge >= 0.3 is 0 Å². The standard InChI is InChI=1S/C14H9N3O3/c18-14-12(8-10-4-2-1-3-5-10)15-13-7-6-11(17(19)20)9-16(13)14/h1-9H/b12-8-. The van der Waals surface area contributed by atoms with E-state index in [2.05, 4.69) is 4.99 Å². The van der Waals surface area contributed by atoms with E-state index in [4.69, 9.17) is 0 Å². The zero-order valence-corrected chi connectivity index (χ0v) is 10.3. The van der Waals surface area contributed by atoms with Gasteiger partial charge in [-0.25, -0.2) is 4.99 Å². The molecule has 0 saturated heterocycles. The lowest BCUT2D eigenvalue weighted by molar-refractivity contribution is -0.419. The van der Waals surface area contributed by atoms with Gasteiger partial charge in [0.15, 0.2) is 0 Å². The number of carbonyl (C=O) groups excluding carboxylic acids is 1. The first-order valence-corrected chi connectivity index (χ1v) is 5.88. The highest BCUT2D eigenvalue weighted by molar-refractivity contribution is 6.19. The van der Waals surface area contributed by atoms with E-state index in [1.54, 1.807) is 6.08 Å². The molecule has 1 aromatic carbocycles. The zero-order valence-electron chi connectivity index (χ0n) is 10.3. The third-order valence-corrected chi connectivity index (χ3v) is 2.90. The third kappa shape index (κ3) is 2.03. The first kappa shape index (κ1) is 12.0. The number of aliphatic imine (C=N–C) groups is 1. The van der Waals surface area contributed by atoms with Crippen LogP contribution in [0, 0.1) is 10.1 Å². The number of carbonyl (C=O) groups is 1. The van der Waals surface area contributed by atoms with E-state index in [9.17, 15) is 14.9 Å². The van der Waals surface area contributed by atoms with Crippen LogP contribution in [0.4, 0.5) is 0 Å². The van der Waals surface area contributed by atoms with Gasteiger partial charge in [0.1, 0.15) is 11.5 Å². The molecule has 0 radical (unpaired) electrons. The molecule has 3 rings (SSSR count). The summed E-state index contributed by atoms with van der Waals surface area (Å²) in [5.41, 5.74) is 0.970. The number of allylic oxidation sites excluding steroid dienone is 1. The van der Waals surface area contributed by atoms with Crippen molar-refractivity contribution in [2.24, 2.45) is 4.99 Å². The molecule has 1 aromatic rings. The van der Waals surface area contributed by atoms with Crippen molar-refractivity contribution in [3.05, 3.63) is 75.8 Å². The molecular formula is C14H9N3O3. The molecule has 0 spiro atoms. The smallest absolute Gasteiger partial charge is 0.266 e. The average molecular weight is 267 g/mol. The Balaban J connectivity index is 1.95. The minimum atomic E-state index is -0.542. The highest BCUT2D eigenvalue weighted by Gasteiger charge is 2.31. The van der Waals surface area contributed by atoms with Crippen LogP contribution in [0.1, 0.15) is 5.56 Å². The maximum Gasteiger partial charge on any atom is 0.286 e. The monoisotopic (exact) mass is 267 g/mol. The maximum atomic E-state index is 12.2. The minimum Gasteiger partial charge on any atom is -0.266 e. The van der Waals surface area contributed by atoms with Crippen LogP contribution >= 0.6 is 0 Å². The van der Waals surface area contributed by atoms with Gasteiger partial charge in [-0.3, -0.25) is 19.8 Å². The number of benzene rings is 1. The predicted octanol–water partition coefficient (Wildman–Crippen LogP) is 1.96. The van der Waals surface area contributed by atoms with Crippen molar-refractivity contribution >= 4 is 17.8 Å². The molecule has 2 aliphatic rings. The second kappa shape index (κ2) is 4.58. The van der Waals surface area contributed by atoms with Crippen LogP contribution in [0.15, 0.2) is 65.1 Å². The summed E-state index contributed by atoms with van der Waals surface area (Å²) < 4.78 is 0. The number of amidine groups is 1. The fraction of sp³-hybridized carbons (Fsp3) is 0. The highest BCUT2D eigenvalue weighted by atomic mass is 16.6. The lowest BCUT2D eigenvalue weighted by Crippen LogP contribution is -2.28. The highest BCUT2D eigenvalue weighted by Crippen LogP contribution is 2.23. The van der Waals surface area contributed by atoms with Gasteiger partial charge in [0.2, 0.25) is 0 Å². The fourth-order valence-corrected chi connectivity index (χ4v) is 1.94. The predicted molar refractivity (Wildman–Crippen MR) is 72.9 cm³/mol. The molecule has 1 amide bonds. The van der Waals surface area contributed by atoms with Gasteiger partial charge in [0.05, 0.1) is 11.1 Å². The topological polar surface area (TPSA) is 75.8 Å². The summed E-state index contributed by atoms with van der Waals surface area (Å²) in [6.45, 7) is 0. The molecule has 0 unspecified atom stereocenters. The molecule has 0 N–H and O–H groups in total. The number of nitrogens with zero attached hydrogens (tertiary/aromatic N) is 3. The Morgan fingerprint density at radius 2 is 1.95 bits per heavy atom. The summed E-state index contributed by atoms with van der Waals surface area (Å²) in [6.07, 6.45) is 5.63. The molecule has 0 atom stereocenters. The number of nitro groups is 1. The van der Waals surface area contributed by atoms with Crippen molar-refractivity contribution in [3.8, 4) is 0 Å². The van der Waals surface area contributed by atoms with E-state index in [0.717, 1.165) is 5.56 Å². The first-order valence-electron chi connectivity index (χ1n) is 5.88. The molecule has 20 heavy (non-hydrogen) atoms. The normalized spacial score (nSPS) is 18.9. The largest absolute Gasteiger partial charge is 0.286 e. The summed E-state index contributed by atoms with van der Waals surface area (Å²) in [5.74, 6) is 0.0235. The second-order valence-electron chi connectivity index (χ2n) is 4.23. The van der Waals surface area contributed by atoms with Crippen molar-refractivity contribution in [2.75, 3.05) is 0 Å². The molecular weight excluding hydrogens is 258 g/mol. The van der Waals surface area contributed by atoms with E-state index >= 15 is 0 Å². The van der Waals surface area contributed by atoms with Crippen molar-refractivity contribution in [1.82, 2.24) is 4.90 Å². The Bertz CT molecular complexity index is 714. The van der Waals surface area contributed by atoms with Crippen LogP contribution in [0.2, 0.25) is 0 Å². The third-order valence-electron chi connectivity index (χ3n) is 2.90. The summed E-state index contributed by atoms with van der Waals surface area (Å²) in [5, 5.41) is 10.7. The molecule has 2 heterocycles. The number of fused-ring (bicyclic) bond motifs is 1. The van der Waals surface area contributed by atoms with Crippen LogP contribution in [0.3, 0.4) is 0 Å². The Morgan fingerprint density at radius 1 is 1.20 bits per heavy atom. The van der Waals surface area contributed by atoms with Crippen LogP contribution in [0.5, 0.6) is 0 Å². The van der Waals surface area contributed by atoms with Gasteiger partial charge in [-0.2, -0.15) is 0 Å². The van der Waals surface area contributed by atoms with Crippen molar-refractivity contribution in [1.29, 1.82) is 0 Å². The lowest BCUT2D eigenvalue weighted by Gasteiger charge is -2.12. The van der Waals surface area contributed by atoms with Gasteiger partial charge in [0, 0.05) is 6.08 Å². The van der Waals surface area contributed by atoms with Gasteiger partial charge < -0.3 is 0 Å². The molecule has 6 nitrogen and oxygen atoms in total. The Labute approximate surface area is 114 Å². The van der Waals surface area contributed by atoms with Crippen molar-refractivity contribution in [3.63, 3.8) is 0 Å². The molecule has 0 saturated carbocycles. The van der Waals surface area contributed by atoms with E-state index < -0.39 is 4.92 Å². The van der Waals surface area contributed by atoms with Crippen molar-refractivity contribution < 1.29 is 9.72 Å².